The van der Waals surface area contributed by atoms with Crippen LogP contribution < -0.4 is 5.73 Å². The summed E-state index contributed by atoms with van der Waals surface area (Å²) in [6.07, 6.45) is 7.02. The van der Waals surface area contributed by atoms with Crippen LogP contribution in [0.15, 0.2) is 35.2 Å². The van der Waals surface area contributed by atoms with Gasteiger partial charge in [0.2, 0.25) is 0 Å². The van der Waals surface area contributed by atoms with Gasteiger partial charge in [-0.05, 0) is 43.2 Å². The van der Waals surface area contributed by atoms with Gasteiger partial charge in [-0.1, -0.05) is 24.6 Å². The van der Waals surface area contributed by atoms with E-state index in [9.17, 15) is 0 Å². The van der Waals surface area contributed by atoms with Crippen LogP contribution in [0.4, 0.5) is 0 Å². The summed E-state index contributed by atoms with van der Waals surface area (Å²) in [7, 11) is 0. The van der Waals surface area contributed by atoms with Crippen molar-refractivity contribution in [3.8, 4) is 0 Å². The molecule has 0 aromatic heterocycles. The molecule has 0 heterocycles. The predicted octanol–water partition coefficient (Wildman–Crippen LogP) is 3.44. The zero-order valence-corrected chi connectivity index (χ0v) is 10.4. The van der Waals surface area contributed by atoms with Crippen LogP contribution in [0.5, 0.6) is 0 Å². The number of benzene rings is 1. The summed E-state index contributed by atoms with van der Waals surface area (Å²) in [6.45, 7) is 0.828. The lowest BCUT2D eigenvalue weighted by Gasteiger charge is -2.60. The minimum absolute atomic E-state index is 0.349. The van der Waals surface area contributed by atoms with Crippen molar-refractivity contribution in [2.75, 3.05) is 6.54 Å². The van der Waals surface area contributed by atoms with Crippen molar-refractivity contribution < 1.29 is 0 Å². The first-order valence-corrected chi connectivity index (χ1v) is 7.02. The molecule has 2 fully saturated rings. The standard InChI is InChI=1S/C14H19NS/c15-11-14(9-13(10-14)7-4-8-13)16-12-5-2-1-3-6-12/h1-3,5-6H,4,7-11,15H2. The summed E-state index contributed by atoms with van der Waals surface area (Å²) < 4.78 is 0.349. The van der Waals surface area contributed by atoms with E-state index in [0.29, 0.717) is 10.2 Å². The summed E-state index contributed by atoms with van der Waals surface area (Å²) in [6, 6.07) is 10.7. The zero-order chi connectivity index (χ0) is 11.1. The Kier molecular flexibility index (Phi) is 2.52. The molecule has 86 valence electrons. The number of thioether (sulfide) groups is 1. The Morgan fingerprint density at radius 3 is 2.31 bits per heavy atom. The first kappa shape index (κ1) is 10.7. The maximum absolute atomic E-state index is 6.00. The van der Waals surface area contributed by atoms with E-state index in [2.05, 4.69) is 30.3 Å². The molecule has 1 nitrogen and oxygen atoms in total. The molecule has 0 aliphatic heterocycles. The summed E-state index contributed by atoms with van der Waals surface area (Å²) >= 11 is 2.00. The van der Waals surface area contributed by atoms with Gasteiger partial charge in [0, 0.05) is 16.2 Å². The fraction of sp³-hybridized carbons (Fsp3) is 0.571. The van der Waals surface area contributed by atoms with Crippen molar-refractivity contribution in [3.63, 3.8) is 0 Å². The quantitative estimate of drug-likeness (QED) is 0.865. The number of hydrogen-bond acceptors (Lipinski definition) is 2. The van der Waals surface area contributed by atoms with Gasteiger partial charge in [0.25, 0.3) is 0 Å². The second-order valence-corrected chi connectivity index (χ2v) is 7.05. The molecular weight excluding hydrogens is 214 g/mol. The maximum Gasteiger partial charge on any atom is 0.0339 e. The van der Waals surface area contributed by atoms with E-state index in [1.807, 2.05) is 11.8 Å². The Morgan fingerprint density at radius 2 is 1.81 bits per heavy atom. The van der Waals surface area contributed by atoms with Crippen molar-refractivity contribution >= 4 is 11.8 Å². The second kappa shape index (κ2) is 3.78. The van der Waals surface area contributed by atoms with Gasteiger partial charge < -0.3 is 5.73 Å². The monoisotopic (exact) mass is 233 g/mol. The van der Waals surface area contributed by atoms with Crippen LogP contribution in [0.3, 0.4) is 0 Å². The van der Waals surface area contributed by atoms with Gasteiger partial charge in [-0.25, -0.2) is 0 Å². The molecule has 16 heavy (non-hydrogen) atoms. The molecule has 0 bridgehead atoms. The zero-order valence-electron chi connectivity index (χ0n) is 9.61. The molecule has 0 amide bonds. The fourth-order valence-electron chi connectivity index (χ4n) is 3.34. The van der Waals surface area contributed by atoms with Gasteiger partial charge in [0.15, 0.2) is 0 Å². The first-order valence-electron chi connectivity index (χ1n) is 6.20. The number of hydrogen-bond donors (Lipinski definition) is 1. The molecule has 2 aliphatic carbocycles. The topological polar surface area (TPSA) is 26.0 Å². The van der Waals surface area contributed by atoms with Crippen LogP contribution >= 0.6 is 11.8 Å². The summed E-state index contributed by atoms with van der Waals surface area (Å²) in [5.74, 6) is 0. The maximum atomic E-state index is 6.00. The van der Waals surface area contributed by atoms with E-state index in [1.54, 1.807) is 0 Å². The van der Waals surface area contributed by atoms with Crippen molar-refractivity contribution in [3.05, 3.63) is 30.3 Å². The Bertz CT molecular complexity index is 362. The molecule has 0 radical (unpaired) electrons. The smallest absolute Gasteiger partial charge is 0.0339 e. The molecule has 0 atom stereocenters. The molecule has 1 aromatic carbocycles. The lowest BCUT2D eigenvalue weighted by Crippen LogP contribution is -2.56. The molecular formula is C14H19NS. The van der Waals surface area contributed by atoms with Crippen molar-refractivity contribution in [2.24, 2.45) is 11.1 Å². The van der Waals surface area contributed by atoms with Crippen molar-refractivity contribution in [1.82, 2.24) is 0 Å². The Balaban J connectivity index is 1.69. The van der Waals surface area contributed by atoms with E-state index in [0.717, 1.165) is 6.54 Å². The van der Waals surface area contributed by atoms with Crippen LogP contribution in [-0.4, -0.2) is 11.3 Å². The van der Waals surface area contributed by atoms with E-state index < -0.39 is 0 Å². The van der Waals surface area contributed by atoms with E-state index in [1.165, 1.54) is 37.0 Å². The Labute approximate surface area is 102 Å². The highest BCUT2D eigenvalue weighted by Crippen LogP contribution is 2.65. The lowest BCUT2D eigenvalue weighted by molar-refractivity contribution is -0.00139. The van der Waals surface area contributed by atoms with Gasteiger partial charge >= 0.3 is 0 Å². The Hall–Kier alpha value is -0.470. The van der Waals surface area contributed by atoms with E-state index in [4.69, 9.17) is 5.73 Å². The predicted molar refractivity (Wildman–Crippen MR) is 69.6 cm³/mol. The van der Waals surface area contributed by atoms with Crippen LogP contribution in [0.1, 0.15) is 32.1 Å². The third-order valence-corrected chi connectivity index (χ3v) is 5.65. The number of rotatable bonds is 3. The van der Waals surface area contributed by atoms with Crippen molar-refractivity contribution in [1.29, 1.82) is 0 Å². The largest absolute Gasteiger partial charge is 0.329 e. The summed E-state index contributed by atoms with van der Waals surface area (Å²) in [4.78, 5) is 1.38. The van der Waals surface area contributed by atoms with Gasteiger partial charge in [-0.3, -0.25) is 0 Å². The highest BCUT2D eigenvalue weighted by molar-refractivity contribution is 8.00. The molecule has 3 rings (SSSR count). The van der Waals surface area contributed by atoms with Crippen LogP contribution in [0.2, 0.25) is 0 Å². The van der Waals surface area contributed by atoms with Crippen LogP contribution in [0.25, 0.3) is 0 Å². The number of nitrogens with two attached hydrogens (primary N) is 1. The molecule has 2 saturated carbocycles. The Morgan fingerprint density at radius 1 is 1.12 bits per heavy atom. The van der Waals surface area contributed by atoms with Gasteiger partial charge in [-0.15, -0.1) is 11.8 Å². The molecule has 2 heteroatoms. The highest BCUT2D eigenvalue weighted by atomic mass is 32.2. The third-order valence-electron chi connectivity index (χ3n) is 4.26. The minimum Gasteiger partial charge on any atom is -0.329 e. The molecule has 0 unspecified atom stereocenters. The van der Waals surface area contributed by atoms with Gasteiger partial charge in [-0.2, -0.15) is 0 Å². The second-order valence-electron chi connectivity index (χ2n) is 5.51. The average molecular weight is 233 g/mol. The summed E-state index contributed by atoms with van der Waals surface area (Å²) in [5.41, 5.74) is 6.71. The normalized spacial score (nSPS) is 24.8. The summed E-state index contributed by atoms with van der Waals surface area (Å²) in [5, 5.41) is 0. The molecule has 2 aliphatic rings. The average Bonchev–Trinajstić information content (AvgIpc) is 2.22. The molecule has 0 saturated heterocycles. The highest BCUT2D eigenvalue weighted by Gasteiger charge is 2.56. The first-order chi connectivity index (χ1) is 7.76. The fourth-order valence-corrected chi connectivity index (χ4v) is 4.98. The van der Waals surface area contributed by atoms with E-state index >= 15 is 0 Å². The SMILES string of the molecule is NCC1(Sc2ccccc2)CC2(CCC2)C1. The lowest BCUT2D eigenvalue weighted by atomic mass is 9.51. The molecule has 1 aromatic rings. The van der Waals surface area contributed by atoms with Crippen LogP contribution in [-0.2, 0) is 0 Å². The molecule has 1 spiro atoms. The minimum atomic E-state index is 0.349. The van der Waals surface area contributed by atoms with Gasteiger partial charge in [0.05, 0.1) is 0 Å². The van der Waals surface area contributed by atoms with Gasteiger partial charge in [0.1, 0.15) is 0 Å². The molecule has 2 N–H and O–H groups in total. The van der Waals surface area contributed by atoms with E-state index in [-0.39, 0.29) is 0 Å². The third kappa shape index (κ3) is 1.68. The van der Waals surface area contributed by atoms with Crippen LogP contribution in [0, 0.1) is 5.41 Å². The van der Waals surface area contributed by atoms with Crippen molar-refractivity contribution in [2.45, 2.75) is 41.7 Å².